The quantitative estimate of drug-likeness (QED) is 0.290. The molecule has 1 N–H and O–H groups in total. The second-order valence-electron chi connectivity index (χ2n) is 10.3. The van der Waals surface area contributed by atoms with Gasteiger partial charge in [-0.25, -0.2) is 0 Å². The minimum atomic E-state index is -5.08. The third kappa shape index (κ3) is 7.25. The van der Waals surface area contributed by atoms with E-state index >= 15 is 0 Å². The van der Waals surface area contributed by atoms with E-state index in [9.17, 15) is 39.5 Å². The van der Waals surface area contributed by atoms with Crippen LogP contribution in [0.15, 0.2) is 36.4 Å². The molecule has 2 heterocycles. The second kappa shape index (κ2) is 11.6. The van der Waals surface area contributed by atoms with Gasteiger partial charge in [0, 0.05) is 24.8 Å². The lowest BCUT2D eigenvalue weighted by atomic mass is 9.89. The van der Waals surface area contributed by atoms with E-state index < -0.39 is 47.8 Å². The monoisotopic (exact) mass is 609 g/mol. The Labute approximate surface area is 235 Å². The minimum absolute atomic E-state index is 0.0200. The lowest BCUT2D eigenvalue weighted by molar-refractivity contribution is -0.143. The molecule has 7 nitrogen and oxygen atoms in total. The first-order valence-electron chi connectivity index (χ1n) is 12.9. The smallest absolute Gasteiger partial charge is 0.382 e. The van der Waals surface area contributed by atoms with E-state index in [2.05, 4.69) is 20.7 Å². The second-order valence-corrected chi connectivity index (χ2v) is 10.3. The minimum Gasteiger partial charge on any atom is -0.382 e. The molecule has 16 heteroatoms. The zero-order valence-corrected chi connectivity index (χ0v) is 22.7. The van der Waals surface area contributed by atoms with Crippen molar-refractivity contribution in [1.82, 2.24) is 25.1 Å². The van der Waals surface area contributed by atoms with Crippen LogP contribution in [0.3, 0.4) is 0 Å². The van der Waals surface area contributed by atoms with Crippen molar-refractivity contribution < 1.29 is 39.5 Å². The molecule has 42 heavy (non-hydrogen) atoms. The highest BCUT2D eigenvalue weighted by Crippen LogP contribution is 2.43. The summed E-state index contributed by atoms with van der Waals surface area (Å²) >= 11 is 0. The SMILES string of the molecule is CC[C@@H]1C[C@H](N(Cc2cc(C(F)(F)F)cc(C(F)(F)F)c2)c2nnn(CCN(C)C)n2)c2cc(C(F)(F)F)ccc2N1. The average Bonchev–Trinajstić information content (AvgIpc) is 3.37. The maximum absolute atomic E-state index is 13.7. The third-order valence-electron chi connectivity index (χ3n) is 6.92. The van der Waals surface area contributed by atoms with Gasteiger partial charge in [0.2, 0.25) is 0 Å². The van der Waals surface area contributed by atoms with E-state index in [1.54, 1.807) is 14.1 Å². The summed E-state index contributed by atoms with van der Waals surface area (Å²) in [5, 5.41) is 15.4. The van der Waals surface area contributed by atoms with Crippen molar-refractivity contribution in [3.63, 3.8) is 0 Å². The molecule has 0 saturated carbocycles. The summed E-state index contributed by atoms with van der Waals surface area (Å²) < 4.78 is 123. The van der Waals surface area contributed by atoms with Crippen LogP contribution in [0.1, 0.15) is 53.6 Å². The van der Waals surface area contributed by atoms with Gasteiger partial charge in [-0.3, -0.25) is 0 Å². The van der Waals surface area contributed by atoms with Crippen LogP contribution in [-0.2, 0) is 31.6 Å². The predicted molar refractivity (Wildman–Crippen MR) is 136 cm³/mol. The zero-order valence-electron chi connectivity index (χ0n) is 22.7. The van der Waals surface area contributed by atoms with Crippen LogP contribution in [0.25, 0.3) is 0 Å². The molecule has 4 rings (SSSR count). The van der Waals surface area contributed by atoms with E-state index in [0.29, 0.717) is 30.8 Å². The molecule has 0 fully saturated rings. The van der Waals surface area contributed by atoms with Crippen LogP contribution in [0.4, 0.5) is 51.1 Å². The van der Waals surface area contributed by atoms with Gasteiger partial charge < -0.3 is 15.1 Å². The van der Waals surface area contributed by atoms with Gasteiger partial charge in [-0.15, -0.1) is 5.10 Å². The number of tetrazole rings is 1. The molecule has 0 aliphatic carbocycles. The Morgan fingerprint density at radius 2 is 1.50 bits per heavy atom. The number of rotatable bonds is 8. The van der Waals surface area contributed by atoms with Gasteiger partial charge in [-0.05, 0) is 79.7 Å². The molecule has 0 unspecified atom stereocenters. The lowest BCUT2D eigenvalue weighted by Crippen LogP contribution is -2.38. The predicted octanol–water partition coefficient (Wildman–Crippen LogP) is 6.63. The average molecular weight is 610 g/mol. The molecule has 230 valence electrons. The first-order chi connectivity index (χ1) is 19.5. The molecular formula is C26H28F9N7. The third-order valence-corrected chi connectivity index (χ3v) is 6.92. The highest BCUT2D eigenvalue weighted by atomic mass is 19.4. The molecular weight excluding hydrogens is 581 g/mol. The lowest BCUT2D eigenvalue weighted by Gasteiger charge is -2.39. The van der Waals surface area contributed by atoms with Crippen molar-refractivity contribution in [2.24, 2.45) is 0 Å². The number of nitrogens with one attached hydrogen (secondary N) is 1. The first-order valence-corrected chi connectivity index (χ1v) is 12.9. The van der Waals surface area contributed by atoms with Crippen LogP contribution in [0.5, 0.6) is 0 Å². The molecule has 0 spiro atoms. The van der Waals surface area contributed by atoms with Crippen molar-refractivity contribution >= 4 is 11.6 Å². The number of anilines is 2. The molecule has 2 aromatic carbocycles. The van der Waals surface area contributed by atoms with Gasteiger partial charge >= 0.3 is 18.5 Å². The number of benzene rings is 2. The summed E-state index contributed by atoms with van der Waals surface area (Å²) in [6, 6.07) is 3.08. The van der Waals surface area contributed by atoms with E-state index in [1.807, 2.05) is 11.8 Å². The Kier molecular flexibility index (Phi) is 8.67. The van der Waals surface area contributed by atoms with Crippen LogP contribution < -0.4 is 10.2 Å². The van der Waals surface area contributed by atoms with E-state index in [1.165, 1.54) is 15.8 Å². The molecule has 1 aliphatic rings. The Balaban J connectivity index is 1.87. The van der Waals surface area contributed by atoms with Crippen molar-refractivity contribution in [3.8, 4) is 0 Å². The van der Waals surface area contributed by atoms with Crippen molar-refractivity contribution in [2.45, 2.75) is 63.5 Å². The molecule has 3 aromatic rings. The van der Waals surface area contributed by atoms with Crippen LogP contribution in [-0.4, -0.2) is 51.8 Å². The van der Waals surface area contributed by atoms with E-state index in [4.69, 9.17) is 0 Å². The van der Waals surface area contributed by atoms with E-state index in [0.717, 1.165) is 12.1 Å². The fraction of sp³-hybridized carbons (Fsp3) is 0.500. The van der Waals surface area contributed by atoms with Gasteiger partial charge in [0.25, 0.3) is 5.95 Å². The number of aromatic nitrogens is 4. The summed E-state index contributed by atoms with van der Waals surface area (Å²) in [6.07, 6.45) is -14.1. The van der Waals surface area contributed by atoms with E-state index in [-0.39, 0.29) is 42.1 Å². The number of nitrogens with zero attached hydrogens (tertiary/aromatic N) is 6. The van der Waals surface area contributed by atoms with Gasteiger partial charge in [-0.2, -0.15) is 44.3 Å². The van der Waals surface area contributed by atoms with Crippen molar-refractivity contribution in [3.05, 3.63) is 64.2 Å². The maximum Gasteiger partial charge on any atom is 0.416 e. The zero-order chi connectivity index (χ0) is 31.0. The maximum atomic E-state index is 13.7. The number of hydrogen-bond acceptors (Lipinski definition) is 6. The number of fused-ring (bicyclic) bond motifs is 1. The van der Waals surface area contributed by atoms with Crippen molar-refractivity contribution in [2.75, 3.05) is 30.9 Å². The standard InChI is InChI=1S/C26H28F9N7/c1-4-19-13-22(20-12-16(24(27,28)29)5-6-21(20)36-19)41(23-37-39-42(38-23)8-7-40(2)3)14-15-9-17(25(30,31)32)11-18(10-15)26(33,34)35/h5-6,9-12,19,22,36H,4,7-8,13-14H2,1-3H3/t19-,22+/m1/s1. The van der Waals surface area contributed by atoms with Crippen LogP contribution in [0.2, 0.25) is 0 Å². The van der Waals surface area contributed by atoms with Gasteiger partial charge in [0.05, 0.1) is 29.3 Å². The largest absolute Gasteiger partial charge is 0.416 e. The fourth-order valence-electron chi connectivity index (χ4n) is 4.75. The summed E-state index contributed by atoms with van der Waals surface area (Å²) in [6.45, 7) is 2.02. The Morgan fingerprint density at radius 1 is 0.881 bits per heavy atom. The first kappa shape index (κ1) is 31.4. The molecule has 2 atom stereocenters. The molecule has 0 saturated heterocycles. The fourth-order valence-corrected chi connectivity index (χ4v) is 4.75. The number of alkyl halides is 9. The molecule has 0 radical (unpaired) electrons. The Bertz CT molecular complexity index is 1350. The highest BCUT2D eigenvalue weighted by molar-refractivity contribution is 5.59. The van der Waals surface area contributed by atoms with Gasteiger partial charge in [-0.1, -0.05) is 12.0 Å². The molecule has 0 bridgehead atoms. The number of likely N-dealkylation sites (N-methyl/N-ethyl adjacent to an activating group) is 1. The Hall–Kier alpha value is -3.56. The summed E-state index contributed by atoms with van der Waals surface area (Å²) in [5.41, 5.74) is -3.83. The van der Waals surface area contributed by atoms with Crippen LogP contribution in [0, 0.1) is 0 Å². The van der Waals surface area contributed by atoms with Crippen LogP contribution >= 0.6 is 0 Å². The Morgan fingerprint density at radius 3 is 2.05 bits per heavy atom. The topological polar surface area (TPSA) is 62.1 Å². The van der Waals surface area contributed by atoms with Gasteiger partial charge in [0.1, 0.15) is 0 Å². The number of hydrogen-bond donors (Lipinski definition) is 1. The number of halogens is 9. The molecule has 1 aliphatic heterocycles. The summed E-state index contributed by atoms with van der Waals surface area (Å²) in [7, 11) is 3.59. The molecule has 1 aromatic heterocycles. The van der Waals surface area contributed by atoms with Gasteiger partial charge in [0.15, 0.2) is 0 Å². The molecule has 0 amide bonds. The normalized spacial score (nSPS) is 17.7. The highest BCUT2D eigenvalue weighted by Gasteiger charge is 2.39. The summed E-state index contributed by atoms with van der Waals surface area (Å²) in [5.74, 6) is -0.148. The van der Waals surface area contributed by atoms with Crippen molar-refractivity contribution in [1.29, 1.82) is 0 Å². The summed E-state index contributed by atoms with van der Waals surface area (Å²) in [4.78, 5) is 4.36.